The third kappa shape index (κ3) is 3.52. The van der Waals surface area contributed by atoms with Crippen LogP contribution in [0.2, 0.25) is 5.02 Å². The van der Waals surface area contributed by atoms with Crippen LogP contribution in [0.1, 0.15) is 34.5 Å². The summed E-state index contributed by atoms with van der Waals surface area (Å²) in [6, 6.07) is 9.27. The summed E-state index contributed by atoms with van der Waals surface area (Å²) in [7, 11) is 0. The van der Waals surface area contributed by atoms with Gasteiger partial charge < -0.3 is 11.1 Å². The standard InChI is InChI=1S/C16H16ClFN2O/c1-9-3-4-11(8-14(9)18)10(2)20-16(21)12-5-6-15(19)13(17)7-12/h3-8,10H,19H2,1-2H3,(H,20,21). The molecule has 0 saturated carbocycles. The van der Waals surface area contributed by atoms with Crippen LogP contribution in [0, 0.1) is 12.7 Å². The molecule has 0 bridgehead atoms. The molecule has 110 valence electrons. The lowest BCUT2D eigenvalue weighted by atomic mass is 10.1. The number of carbonyl (C=O) groups is 1. The van der Waals surface area contributed by atoms with Crippen LogP contribution >= 0.6 is 11.6 Å². The van der Waals surface area contributed by atoms with Gasteiger partial charge in [-0.15, -0.1) is 0 Å². The molecule has 1 unspecified atom stereocenters. The summed E-state index contributed by atoms with van der Waals surface area (Å²) in [4.78, 5) is 12.1. The lowest BCUT2D eigenvalue weighted by Gasteiger charge is -2.15. The van der Waals surface area contributed by atoms with Crippen molar-refractivity contribution in [3.8, 4) is 0 Å². The molecule has 0 aliphatic rings. The molecule has 0 spiro atoms. The number of nitrogens with one attached hydrogen (secondary N) is 1. The molecule has 1 amide bonds. The highest BCUT2D eigenvalue weighted by Crippen LogP contribution is 2.21. The molecule has 3 nitrogen and oxygen atoms in total. The SMILES string of the molecule is Cc1ccc(C(C)NC(=O)c2ccc(N)c(Cl)c2)cc1F. The number of carbonyl (C=O) groups excluding carboxylic acids is 1. The first-order valence-corrected chi connectivity index (χ1v) is 6.88. The van der Waals surface area contributed by atoms with E-state index in [1.807, 2.05) is 0 Å². The lowest BCUT2D eigenvalue weighted by molar-refractivity contribution is 0.0940. The van der Waals surface area contributed by atoms with E-state index in [0.717, 1.165) is 0 Å². The van der Waals surface area contributed by atoms with Gasteiger partial charge in [0.1, 0.15) is 5.82 Å². The minimum atomic E-state index is -0.316. The van der Waals surface area contributed by atoms with Crippen molar-refractivity contribution in [2.45, 2.75) is 19.9 Å². The zero-order chi connectivity index (χ0) is 15.6. The molecule has 0 aliphatic heterocycles. The average Bonchev–Trinajstić information content (AvgIpc) is 2.44. The van der Waals surface area contributed by atoms with Gasteiger partial charge in [-0.25, -0.2) is 4.39 Å². The second kappa shape index (κ2) is 6.14. The van der Waals surface area contributed by atoms with Gasteiger partial charge in [0.2, 0.25) is 0 Å². The monoisotopic (exact) mass is 306 g/mol. The Morgan fingerprint density at radius 3 is 2.62 bits per heavy atom. The Morgan fingerprint density at radius 1 is 1.29 bits per heavy atom. The topological polar surface area (TPSA) is 55.1 Å². The Morgan fingerprint density at radius 2 is 2.00 bits per heavy atom. The average molecular weight is 307 g/mol. The Kier molecular flexibility index (Phi) is 4.48. The van der Waals surface area contributed by atoms with Crippen molar-refractivity contribution in [3.05, 3.63) is 63.9 Å². The van der Waals surface area contributed by atoms with Crippen LogP contribution in [-0.4, -0.2) is 5.91 Å². The third-order valence-electron chi connectivity index (χ3n) is 3.31. The molecule has 0 aliphatic carbocycles. The van der Waals surface area contributed by atoms with Crippen LogP contribution in [0.3, 0.4) is 0 Å². The van der Waals surface area contributed by atoms with Crippen molar-refractivity contribution >= 4 is 23.2 Å². The quantitative estimate of drug-likeness (QED) is 0.846. The zero-order valence-electron chi connectivity index (χ0n) is 11.8. The maximum atomic E-state index is 13.6. The number of halogens is 2. The molecule has 0 aromatic heterocycles. The molecule has 0 radical (unpaired) electrons. The maximum Gasteiger partial charge on any atom is 0.251 e. The summed E-state index contributed by atoms with van der Waals surface area (Å²) < 4.78 is 13.6. The summed E-state index contributed by atoms with van der Waals surface area (Å²) >= 11 is 5.90. The molecule has 21 heavy (non-hydrogen) atoms. The fraction of sp³-hybridized carbons (Fsp3) is 0.188. The smallest absolute Gasteiger partial charge is 0.251 e. The highest BCUT2D eigenvalue weighted by molar-refractivity contribution is 6.33. The summed E-state index contributed by atoms with van der Waals surface area (Å²) in [6.07, 6.45) is 0. The van der Waals surface area contributed by atoms with Crippen LogP contribution in [0.5, 0.6) is 0 Å². The van der Waals surface area contributed by atoms with Crippen molar-refractivity contribution in [1.29, 1.82) is 0 Å². The van der Waals surface area contributed by atoms with Crippen LogP contribution in [0.25, 0.3) is 0 Å². The number of aryl methyl sites for hydroxylation is 1. The molecule has 1 atom stereocenters. The molecule has 2 aromatic rings. The van der Waals surface area contributed by atoms with Gasteiger partial charge in [0.25, 0.3) is 5.91 Å². The number of nitrogen functional groups attached to an aromatic ring is 1. The van der Waals surface area contributed by atoms with Crippen LogP contribution < -0.4 is 11.1 Å². The summed E-state index contributed by atoms with van der Waals surface area (Å²) in [5.41, 5.74) is 7.71. The van der Waals surface area contributed by atoms with Crippen LogP contribution in [-0.2, 0) is 0 Å². The first kappa shape index (κ1) is 15.3. The van der Waals surface area contributed by atoms with E-state index in [-0.39, 0.29) is 17.8 Å². The highest BCUT2D eigenvalue weighted by Gasteiger charge is 2.13. The number of hydrogen-bond donors (Lipinski definition) is 2. The van der Waals surface area contributed by atoms with Gasteiger partial charge in [0.15, 0.2) is 0 Å². The van der Waals surface area contributed by atoms with Crippen LogP contribution in [0.4, 0.5) is 10.1 Å². The second-order valence-electron chi connectivity index (χ2n) is 4.94. The number of benzene rings is 2. The fourth-order valence-electron chi connectivity index (χ4n) is 1.91. The number of hydrogen-bond acceptors (Lipinski definition) is 2. The van der Waals surface area contributed by atoms with E-state index in [1.54, 1.807) is 38.1 Å². The van der Waals surface area contributed by atoms with Crippen molar-refractivity contribution < 1.29 is 9.18 Å². The molecule has 5 heteroatoms. The number of anilines is 1. The summed E-state index contributed by atoms with van der Waals surface area (Å²) in [5, 5.41) is 3.13. The van der Waals surface area contributed by atoms with Gasteiger partial charge in [-0.2, -0.15) is 0 Å². The minimum Gasteiger partial charge on any atom is -0.398 e. The van der Waals surface area contributed by atoms with Gasteiger partial charge in [0.05, 0.1) is 16.8 Å². The number of amides is 1. The first-order chi connectivity index (χ1) is 9.88. The van der Waals surface area contributed by atoms with Crippen molar-refractivity contribution in [2.24, 2.45) is 0 Å². The van der Waals surface area contributed by atoms with Crippen molar-refractivity contribution in [2.75, 3.05) is 5.73 Å². The fourth-order valence-corrected chi connectivity index (χ4v) is 2.09. The molecular formula is C16H16ClFN2O. The Labute approximate surface area is 127 Å². The summed E-state index contributed by atoms with van der Waals surface area (Å²) in [5.74, 6) is -0.575. The first-order valence-electron chi connectivity index (χ1n) is 6.50. The van der Waals surface area contributed by atoms with E-state index in [4.69, 9.17) is 17.3 Å². The van der Waals surface area contributed by atoms with E-state index in [9.17, 15) is 9.18 Å². The molecule has 2 aromatic carbocycles. The van der Waals surface area contributed by atoms with Crippen molar-refractivity contribution in [1.82, 2.24) is 5.32 Å². The molecule has 2 rings (SSSR count). The van der Waals surface area contributed by atoms with E-state index >= 15 is 0 Å². The van der Waals surface area contributed by atoms with Gasteiger partial charge in [-0.1, -0.05) is 23.7 Å². The van der Waals surface area contributed by atoms with E-state index in [1.165, 1.54) is 12.1 Å². The lowest BCUT2D eigenvalue weighted by Crippen LogP contribution is -2.26. The predicted molar refractivity (Wildman–Crippen MR) is 82.9 cm³/mol. The highest BCUT2D eigenvalue weighted by atomic mass is 35.5. The molecule has 0 fully saturated rings. The Balaban J connectivity index is 2.14. The normalized spacial score (nSPS) is 12.0. The number of rotatable bonds is 3. The third-order valence-corrected chi connectivity index (χ3v) is 3.63. The molecule has 0 heterocycles. The van der Waals surface area contributed by atoms with Gasteiger partial charge in [-0.05, 0) is 49.2 Å². The Bertz CT molecular complexity index is 688. The largest absolute Gasteiger partial charge is 0.398 e. The van der Waals surface area contributed by atoms with E-state index < -0.39 is 0 Å². The van der Waals surface area contributed by atoms with Gasteiger partial charge in [0, 0.05) is 5.56 Å². The second-order valence-corrected chi connectivity index (χ2v) is 5.35. The predicted octanol–water partition coefficient (Wildman–Crippen LogP) is 3.86. The van der Waals surface area contributed by atoms with E-state index in [2.05, 4.69) is 5.32 Å². The molecular weight excluding hydrogens is 291 g/mol. The summed E-state index contributed by atoms with van der Waals surface area (Å²) in [6.45, 7) is 3.49. The number of nitrogens with two attached hydrogens (primary N) is 1. The maximum absolute atomic E-state index is 13.6. The molecule has 0 saturated heterocycles. The zero-order valence-corrected chi connectivity index (χ0v) is 12.5. The van der Waals surface area contributed by atoms with Crippen LogP contribution in [0.15, 0.2) is 36.4 Å². The minimum absolute atomic E-state index is 0.287. The van der Waals surface area contributed by atoms with Crippen molar-refractivity contribution in [3.63, 3.8) is 0 Å². The van der Waals surface area contributed by atoms with Gasteiger partial charge in [-0.3, -0.25) is 4.79 Å². The Hall–Kier alpha value is -2.07. The van der Waals surface area contributed by atoms with Gasteiger partial charge >= 0.3 is 0 Å². The molecule has 3 N–H and O–H groups in total. The van der Waals surface area contributed by atoms with E-state index in [0.29, 0.717) is 27.4 Å².